The quantitative estimate of drug-likeness (QED) is 0.936. The van der Waals surface area contributed by atoms with E-state index in [2.05, 4.69) is 5.10 Å². The first-order valence-electron chi connectivity index (χ1n) is 8.09. The molecular formula is C18H22FN3O2. The monoisotopic (exact) mass is 331 g/mol. The third-order valence-electron chi connectivity index (χ3n) is 4.82. The molecular weight excluding hydrogens is 309 g/mol. The molecule has 0 unspecified atom stereocenters. The number of aliphatic hydroxyl groups is 1. The number of halogens is 1. The van der Waals surface area contributed by atoms with Crippen molar-refractivity contribution in [3.05, 3.63) is 52.6 Å². The second-order valence-electron chi connectivity index (χ2n) is 6.46. The van der Waals surface area contributed by atoms with Crippen LogP contribution in [0, 0.1) is 19.7 Å². The Morgan fingerprint density at radius 3 is 2.79 bits per heavy atom. The van der Waals surface area contributed by atoms with Crippen LogP contribution in [-0.4, -0.2) is 38.3 Å². The lowest BCUT2D eigenvalue weighted by Gasteiger charge is -2.25. The highest BCUT2D eigenvalue weighted by atomic mass is 19.1. The van der Waals surface area contributed by atoms with Crippen LogP contribution in [0.15, 0.2) is 24.3 Å². The Hall–Kier alpha value is -2.21. The number of aromatic nitrogens is 2. The van der Waals surface area contributed by atoms with Crippen LogP contribution in [0.1, 0.15) is 35.0 Å². The standard InChI is InChI=1S/C18H22FN3O2/c1-11-16(12(2)21(3)20-11)9-18(24)22-10-15(23)8-17(22)13-5-4-6-14(19)7-13/h4-7,15,17,23H,8-10H2,1-3H3/t15-,17-/m0/s1. The van der Waals surface area contributed by atoms with Gasteiger partial charge in [-0.05, 0) is 38.0 Å². The number of β-amino-alcohol motifs (C(OH)–C–C–N with tert-alkyl or cyclic N) is 1. The number of hydrogen-bond donors (Lipinski definition) is 1. The molecule has 0 saturated carbocycles. The number of carbonyl (C=O) groups is 1. The summed E-state index contributed by atoms with van der Waals surface area (Å²) in [5.41, 5.74) is 3.44. The van der Waals surface area contributed by atoms with Gasteiger partial charge in [0.25, 0.3) is 0 Å². The molecule has 1 saturated heterocycles. The molecule has 5 nitrogen and oxygen atoms in total. The van der Waals surface area contributed by atoms with E-state index in [1.54, 1.807) is 21.7 Å². The van der Waals surface area contributed by atoms with Crippen molar-refractivity contribution in [3.8, 4) is 0 Å². The average Bonchev–Trinajstić information content (AvgIpc) is 3.03. The molecule has 6 heteroatoms. The summed E-state index contributed by atoms with van der Waals surface area (Å²) in [7, 11) is 1.85. The zero-order valence-electron chi connectivity index (χ0n) is 14.2. The van der Waals surface area contributed by atoms with Crippen LogP contribution in [0.2, 0.25) is 0 Å². The van der Waals surface area contributed by atoms with Crippen molar-refractivity contribution >= 4 is 5.91 Å². The topological polar surface area (TPSA) is 58.4 Å². The van der Waals surface area contributed by atoms with Crippen LogP contribution in [0.25, 0.3) is 0 Å². The predicted molar refractivity (Wildman–Crippen MR) is 87.9 cm³/mol. The van der Waals surface area contributed by atoms with E-state index in [-0.39, 0.29) is 30.7 Å². The lowest BCUT2D eigenvalue weighted by Crippen LogP contribution is -2.33. The molecule has 0 spiro atoms. The molecule has 0 radical (unpaired) electrons. The molecule has 24 heavy (non-hydrogen) atoms. The van der Waals surface area contributed by atoms with E-state index >= 15 is 0 Å². The van der Waals surface area contributed by atoms with E-state index in [4.69, 9.17) is 0 Å². The fourth-order valence-corrected chi connectivity index (χ4v) is 3.45. The maximum atomic E-state index is 13.5. The van der Waals surface area contributed by atoms with Gasteiger partial charge >= 0.3 is 0 Å². The molecule has 2 heterocycles. The van der Waals surface area contributed by atoms with Crippen LogP contribution < -0.4 is 0 Å². The van der Waals surface area contributed by atoms with Crippen LogP contribution in [0.3, 0.4) is 0 Å². The Kier molecular flexibility index (Phi) is 4.41. The number of carbonyl (C=O) groups excluding carboxylic acids is 1. The molecule has 2 atom stereocenters. The highest BCUT2D eigenvalue weighted by Gasteiger charge is 2.35. The first-order valence-corrected chi connectivity index (χ1v) is 8.09. The van der Waals surface area contributed by atoms with Gasteiger partial charge in [0.2, 0.25) is 5.91 Å². The summed E-state index contributed by atoms with van der Waals surface area (Å²) >= 11 is 0. The van der Waals surface area contributed by atoms with Crippen molar-refractivity contribution in [1.29, 1.82) is 0 Å². The molecule has 2 aromatic rings. The number of likely N-dealkylation sites (tertiary alicyclic amines) is 1. The van der Waals surface area contributed by atoms with Gasteiger partial charge < -0.3 is 10.0 Å². The normalized spacial score (nSPS) is 20.6. The van der Waals surface area contributed by atoms with Gasteiger partial charge in [0.15, 0.2) is 0 Å². The molecule has 1 amide bonds. The number of nitrogens with zero attached hydrogens (tertiary/aromatic N) is 3. The van der Waals surface area contributed by atoms with Crippen molar-refractivity contribution in [2.24, 2.45) is 7.05 Å². The molecule has 1 aromatic heterocycles. The van der Waals surface area contributed by atoms with E-state index < -0.39 is 6.10 Å². The minimum Gasteiger partial charge on any atom is -0.391 e. The first kappa shape index (κ1) is 16.6. The van der Waals surface area contributed by atoms with Crippen LogP contribution in [-0.2, 0) is 18.3 Å². The molecule has 1 aromatic carbocycles. The van der Waals surface area contributed by atoms with Crippen molar-refractivity contribution < 1.29 is 14.3 Å². The number of benzene rings is 1. The first-order chi connectivity index (χ1) is 11.4. The van der Waals surface area contributed by atoms with Crippen LogP contribution >= 0.6 is 0 Å². The summed E-state index contributed by atoms with van der Waals surface area (Å²) in [6.45, 7) is 4.10. The molecule has 1 aliphatic heterocycles. The van der Waals surface area contributed by atoms with Gasteiger partial charge in [0.05, 0.1) is 24.3 Å². The Morgan fingerprint density at radius 1 is 1.42 bits per heavy atom. The average molecular weight is 331 g/mol. The summed E-state index contributed by atoms with van der Waals surface area (Å²) in [5.74, 6) is -0.403. The zero-order chi connectivity index (χ0) is 17.4. The molecule has 3 rings (SSSR count). The van der Waals surface area contributed by atoms with Crippen molar-refractivity contribution in [3.63, 3.8) is 0 Å². The van der Waals surface area contributed by atoms with Gasteiger partial charge in [0.1, 0.15) is 5.82 Å². The zero-order valence-corrected chi connectivity index (χ0v) is 14.2. The summed E-state index contributed by atoms with van der Waals surface area (Å²) in [6.07, 6.45) is 0.0860. The van der Waals surface area contributed by atoms with Crippen molar-refractivity contribution in [2.45, 2.75) is 38.8 Å². The molecule has 128 valence electrons. The van der Waals surface area contributed by atoms with Gasteiger partial charge in [0, 0.05) is 24.8 Å². The second kappa shape index (κ2) is 6.36. The number of hydrogen-bond acceptors (Lipinski definition) is 3. The maximum Gasteiger partial charge on any atom is 0.227 e. The minimum absolute atomic E-state index is 0.0694. The van der Waals surface area contributed by atoms with Gasteiger partial charge in [-0.1, -0.05) is 12.1 Å². The number of aryl methyl sites for hydroxylation is 2. The Balaban J connectivity index is 1.84. The Morgan fingerprint density at radius 2 is 2.17 bits per heavy atom. The minimum atomic E-state index is -0.585. The largest absolute Gasteiger partial charge is 0.391 e. The maximum absolute atomic E-state index is 13.5. The van der Waals surface area contributed by atoms with E-state index in [0.717, 1.165) is 22.5 Å². The Bertz CT molecular complexity index is 772. The molecule has 0 aliphatic carbocycles. The number of amides is 1. The smallest absolute Gasteiger partial charge is 0.227 e. The molecule has 1 N–H and O–H groups in total. The summed E-state index contributed by atoms with van der Waals surface area (Å²) in [6, 6.07) is 5.95. The highest BCUT2D eigenvalue weighted by Crippen LogP contribution is 2.33. The van der Waals surface area contributed by atoms with E-state index in [1.165, 1.54) is 12.1 Å². The van der Waals surface area contributed by atoms with E-state index in [1.807, 2.05) is 20.9 Å². The van der Waals surface area contributed by atoms with Gasteiger partial charge in [-0.15, -0.1) is 0 Å². The van der Waals surface area contributed by atoms with Gasteiger partial charge in [-0.2, -0.15) is 5.10 Å². The summed E-state index contributed by atoms with van der Waals surface area (Å²) in [4.78, 5) is 14.5. The van der Waals surface area contributed by atoms with Crippen molar-refractivity contribution in [2.75, 3.05) is 6.54 Å². The SMILES string of the molecule is Cc1nn(C)c(C)c1CC(=O)N1C[C@@H](O)C[C@H]1c1cccc(F)c1. The third-order valence-corrected chi connectivity index (χ3v) is 4.82. The van der Waals surface area contributed by atoms with Gasteiger partial charge in [-0.25, -0.2) is 4.39 Å². The lowest BCUT2D eigenvalue weighted by molar-refractivity contribution is -0.131. The number of rotatable bonds is 3. The fraction of sp³-hybridized carbons (Fsp3) is 0.444. The third kappa shape index (κ3) is 3.06. The van der Waals surface area contributed by atoms with E-state index in [0.29, 0.717) is 6.42 Å². The summed E-state index contributed by atoms with van der Waals surface area (Å²) < 4.78 is 15.3. The van der Waals surface area contributed by atoms with E-state index in [9.17, 15) is 14.3 Å². The molecule has 1 aliphatic rings. The Labute approximate surface area is 140 Å². The molecule has 1 fully saturated rings. The van der Waals surface area contributed by atoms with Crippen LogP contribution in [0.4, 0.5) is 4.39 Å². The summed E-state index contributed by atoms with van der Waals surface area (Å²) in [5, 5.41) is 14.4. The van der Waals surface area contributed by atoms with Crippen molar-refractivity contribution in [1.82, 2.24) is 14.7 Å². The fourth-order valence-electron chi connectivity index (χ4n) is 3.45. The lowest BCUT2D eigenvalue weighted by atomic mass is 10.0. The number of aliphatic hydroxyl groups excluding tert-OH is 1. The predicted octanol–water partition coefficient (Wildman–Crippen LogP) is 2.05. The highest BCUT2D eigenvalue weighted by molar-refractivity contribution is 5.80. The second-order valence-corrected chi connectivity index (χ2v) is 6.46. The van der Waals surface area contributed by atoms with Crippen LogP contribution in [0.5, 0.6) is 0 Å². The van der Waals surface area contributed by atoms with Gasteiger partial charge in [-0.3, -0.25) is 9.48 Å². The molecule has 0 bridgehead atoms.